The normalized spacial score (nSPS) is 24.4. The standard InChI is InChI=1S/C12H14FNO2/c1-16-11(15)12(6-7-14-8-12)9-2-4-10(13)5-3-9/h2-5,14H,6-8H2,1H3. The summed E-state index contributed by atoms with van der Waals surface area (Å²) in [5.74, 6) is -0.557. The summed E-state index contributed by atoms with van der Waals surface area (Å²) >= 11 is 0. The maximum absolute atomic E-state index is 12.8. The Kier molecular flexibility index (Phi) is 2.92. The largest absolute Gasteiger partial charge is 0.468 e. The molecule has 0 spiro atoms. The average molecular weight is 223 g/mol. The van der Waals surface area contributed by atoms with Gasteiger partial charge in [0.1, 0.15) is 11.2 Å². The molecule has 0 bridgehead atoms. The molecule has 1 fully saturated rings. The number of hydrogen-bond donors (Lipinski definition) is 1. The molecule has 1 atom stereocenters. The summed E-state index contributed by atoms with van der Waals surface area (Å²) in [7, 11) is 1.38. The molecule has 1 aliphatic heterocycles. The second-order valence-corrected chi connectivity index (χ2v) is 4.01. The minimum absolute atomic E-state index is 0.260. The van der Waals surface area contributed by atoms with Gasteiger partial charge in [-0.2, -0.15) is 0 Å². The van der Waals surface area contributed by atoms with Crippen molar-refractivity contribution in [2.24, 2.45) is 0 Å². The molecule has 0 aromatic heterocycles. The van der Waals surface area contributed by atoms with E-state index >= 15 is 0 Å². The summed E-state index contributed by atoms with van der Waals surface area (Å²) in [6, 6.07) is 6.05. The van der Waals surface area contributed by atoms with E-state index in [2.05, 4.69) is 5.32 Å². The predicted octanol–water partition coefficient (Wildman–Crippen LogP) is 1.23. The first-order valence-corrected chi connectivity index (χ1v) is 5.24. The molecule has 4 heteroatoms. The first kappa shape index (κ1) is 11.1. The zero-order valence-electron chi connectivity index (χ0n) is 9.13. The predicted molar refractivity (Wildman–Crippen MR) is 57.6 cm³/mol. The Labute approximate surface area is 93.6 Å². The minimum atomic E-state index is -0.650. The molecule has 1 unspecified atom stereocenters. The highest BCUT2D eigenvalue weighted by atomic mass is 19.1. The number of hydrogen-bond acceptors (Lipinski definition) is 3. The smallest absolute Gasteiger partial charge is 0.317 e. The van der Waals surface area contributed by atoms with Gasteiger partial charge in [0.05, 0.1) is 7.11 Å². The van der Waals surface area contributed by atoms with Crippen LogP contribution in [0.15, 0.2) is 24.3 Å². The third-order valence-electron chi connectivity index (χ3n) is 3.13. The van der Waals surface area contributed by atoms with Crippen LogP contribution in [0.25, 0.3) is 0 Å². The van der Waals surface area contributed by atoms with E-state index in [1.165, 1.54) is 19.2 Å². The number of nitrogens with one attached hydrogen (secondary N) is 1. The van der Waals surface area contributed by atoms with Crippen molar-refractivity contribution in [3.8, 4) is 0 Å². The van der Waals surface area contributed by atoms with E-state index in [0.717, 1.165) is 12.1 Å². The Morgan fingerprint density at radius 3 is 2.62 bits per heavy atom. The fourth-order valence-corrected chi connectivity index (χ4v) is 2.19. The van der Waals surface area contributed by atoms with Crippen molar-refractivity contribution in [3.63, 3.8) is 0 Å². The van der Waals surface area contributed by atoms with Crippen molar-refractivity contribution in [2.45, 2.75) is 11.8 Å². The van der Waals surface area contributed by atoms with Gasteiger partial charge in [0.25, 0.3) is 0 Å². The van der Waals surface area contributed by atoms with Gasteiger partial charge in [-0.15, -0.1) is 0 Å². The van der Waals surface area contributed by atoms with Crippen LogP contribution in [0.4, 0.5) is 4.39 Å². The molecule has 1 aromatic carbocycles. The summed E-state index contributed by atoms with van der Waals surface area (Å²) in [5.41, 5.74) is 0.161. The van der Waals surface area contributed by atoms with E-state index in [1.807, 2.05) is 0 Å². The molecule has 0 saturated carbocycles. The maximum atomic E-state index is 12.8. The zero-order chi connectivity index (χ0) is 11.6. The van der Waals surface area contributed by atoms with Gasteiger partial charge in [0.2, 0.25) is 0 Å². The molecule has 1 aliphatic rings. The fraction of sp³-hybridized carbons (Fsp3) is 0.417. The number of rotatable bonds is 2. The zero-order valence-corrected chi connectivity index (χ0v) is 9.13. The van der Waals surface area contributed by atoms with Gasteiger partial charge in [0.15, 0.2) is 0 Å². The van der Waals surface area contributed by atoms with E-state index in [4.69, 9.17) is 4.74 Å². The van der Waals surface area contributed by atoms with Crippen molar-refractivity contribution in [1.82, 2.24) is 5.32 Å². The van der Waals surface area contributed by atoms with Gasteiger partial charge < -0.3 is 10.1 Å². The molecule has 0 aliphatic carbocycles. The van der Waals surface area contributed by atoms with E-state index < -0.39 is 5.41 Å². The lowest BCUT2D eigenvalue weighted by Crippen LogP contribution is -2.39. The van der Waals surface area contributed by atoms with E-state index in [9.17, 15) is 9.18 Å². The van der Waals surface area contributed by atoms with Crippen LogP contribution in [0, 0.1) is 5.82 Å². The summed E-state index contributed by atoms with van der Waals surface area (Å²) in [4.78, 5) is 11.9. The molecule has 0 amide bonds. The maximum Gasteiger partial charge on any atom is 0.317 e. The number of benzene rings is 1. The molecule has 1 N–H and O–H groups in total. The first-order valence-electron chi connectivity index (χ1n) is 5.24. The van der Waals surface area contributed by atoms with Crippen LogP contribution in [0.1, 0.15) is 12.0 Å². The fourth-order valence-electron chi connectivity index (χ4n) is 2.19. The van der Waals surface area contributed by atoms with Crippen LogP contribution in [0.2, 0.25) is 0 Å². The molecule has 86 valence electrons. The SMILES string of the molecule is COC(=O)C1(c2ccc(F)cc2)CCNC1. The second kappa shape index (κ2) is 4.22. The third kappa shape index (κ3) is 1.69. The number of methoxy groups -OCH3 is 1. The number of halogens is 1. The quantitative estimate of drug-likeness (QED) is 0.766. The minimum Gasteiger partial charge on any atom is -0.468 e. The summed E-state index contributed by atoms with van der Waals surface area (Å²) < 4.78 is 17.7. The number of ether oxygens (including phenoxy) is 1. The third-order valence-corrected chi connectivity index (χ3v) is 3.13. The topological polar surface area (TPSA) is 38.3 Å². The van der Waals surface area contributed by atoms with Gasteiger partial charge in [-0.3, -0.25) is 4.79 Å². The summed E-state index contributed by atoms with van der Waals surface area (Å²) in [6.07, 6.45) is 0.686. The Hall–Kier alpha value is -1.42. The van der Waals surface area contributed by atoms with Crippen molar-refractivity contribution < 1.29 is 13.9 Å². The van der Waals surface area contributed by atoms with Gasteiger partial charge in [-0.1, -0.05) is 12.1 Å². The van der Waals surface area contributed by atoms with Crippen LogP contribution < -0.4 is 5.32 Å². The Bertz CT molecular complexity index is 383. The average Bonchev–Trinajstić information content (AvgIpc) is 2.79. The Morgan fingerprint density at radius 1 is 1.44 bits per heavy atom. The molecule has 2 rings (SSSR count). The number of carbonyl (C=O) groups is 1. The first-order chi connectivity index (χ1) is 7.69. The highest BCUT2D eigenvalue weighted by molar-refractivity contribution is 5.84. The van der Waals surface area contributed by atoms with Crippen LogP contribution in [-0.2, 0) is 14.9 Å². The lowest BCUT2D eigenvalue weighted by molar-refractivity contribution is -0.146. The lowest BCUT2D eigenvalue weighted by atomic mass is 9.80. The Balaban J connectivity index is 2.39. The van der Waals surface area contributed by atoms with Gasteiger partial charge >= 0.3 is 5.97 Å². The van der Waals surface area contributed by atoms with Gasteiger partial charge in [-0.05, 0) is 30.7 Å². The lowest BCUT2D eigenvalue weighted by Gasteiger charge is -2.25. The molecule has 3 nitrogen and oxygen atoms in total. The molecular formula is C12H14FNO2. The summed E-state index contributed by atoms with van der Waals surface area (Å²) in [5, 5.41) is 3.15. The summed E-state index contributed by atoms with van der Waals surface area (Å²) in [6.45, 7) is 1.32. The molecule has 1 saturated heterocycles. The van der Waals surface area contributed by atoms with Crippen LogP contribution in [0.5, 0.6) is 0 Å². The van der Waals surface area contributed by atoms with Gasteiger partial charge in [-0.25, -0.2) is 4.39 Å². The molecule has 1 aromatic rings. The number of esters is 1. The van der Waals surface area contributed by atoms with Crippen molar-refractivity contribution in [1.29, 1.82) is 0 Å². The molecular weight excluding hydrogens is 209 g/mol. The second-order valence-electron chi connectivity index (χ2n) is 4.01. The van der Waals surface area contributed by atoms with Crippen molar-refractivity contribution in [2.75, 3.05) is 20.2 Å². The number of carbonyl (C=O) groups excluding carboxylic acids is 1. The van der Waals surface area contributed by atoms with Crippen molar-refractivity contribution >= 4 is 5.97 Å². The monoisotopic (exact) mass is 223 g/mol. The van der Waals surface area contributed by atoms with Gasteiger partial charge in [0, 0.05) is 6.54 Å². The molecule has 1 heterocycles. The molecule has 16 heavy (non-hydrogen) atoms. The van der Waals surface area contributed by atoms with Crippen LogP contribution in [-0.4, -0.2) is 26.2 Å². The van der Waals surface area contributed by atoms with E-state index in [-0.39, 0.29) is 11.8 Å². The van der Waals surface area contributed by atoms with E-state index in [1.54, 1.807) is 12.1 Å². The van der Waals surface area contributed by atoms with Crippen LogP contribution >= 0.6 is 0 Å². The highest BCUT2D eigenvalue weighted by Gasteiger charge is 2.43. The Morgan fingerprint density at radius 2 is 2.12 bits per heavy atom. The highest BCUT2D eigenvalue weighted by Crippen LogP contribution is 2.32. The molecule has 0 radical (unpaired) electrons. The van der Waals surface area contributed by atoms with Crippen molar-refractivity contribution in [3.05, 3.63) is 35.6 Å². The van der Waals surface area contributed by atoms with Crippen LogP contribution in [0.3, 0.4) is 0 Å². The van der Waals surface area contributed by atoms with E-state index in [0.29, 0.717) is 13.0 Å².